The highest BCUT2D eigenvalue weighted by molar-refractivity contribution is 6.18. The molecule has 0 aromatic heterocycles. The van der Waals surface area contributed by atoms with Gasteiger partial charge in [-0.2, -0.15) is 0 Å². The van der Waals surface area contributed by atoms with Gasteiger partial charge in [0.05, 0.1) is 12.0 Å². The predicted octanol–water partition coefficient (Wildman–Crippen LogP) is 3.08. The van der Waals surface area contributed by atoms with E-state index in [4.69, 9.17) is 16.3 Å². The van der Waals surface area contributed by atoms with E-state index in [9.17, 15) is 14.9 Å². The summed E-state index contributed by atoms with van der Waals surface area (Å²) in [5.41, 5.74) is 0.199. The fourth-order valence-electron chi connectivity index (χ4n) is 1.91. The molecule has 0 atom stereocenters. The number of alkyl halides is 1. The lowest BCUT2D eigenvalue weighted by molar-refractivity contribution is -0.385. The lowest BCUT2D eigenvalue weighted by Gasteiger charge is -2.21. The van der Waals surface area contributed by atoms with E-state index in [-0.39, 0.29) is 17.3 Å². The zero-order chi connectivity index (χ0) is 15.8. The van der Waals surface area contributed by atoms with Crippen LogP contribution >= 0.6 is 11.6 Å². The Kier molecular flexibility index (Phi) is 6.94. The van der Waals surface area contributed by atoms with Crippen molar-refractivity contribution in [3.8, 4) is 5.75 Å². The van der Waals surface area contributed by atoms with Crippen molar-refractivity contribution in [2.45, 2.75) is 19.8 Å². The molecular weight excluding hydrogens is 296 g/mol. The highest BCUT2D eigenvalue weighted by atomic mass is 35.5. The molecule has 1 amide bonds. The Morgan fingerprint density at radius 3 is 2.67 bits per heavy atom. The molecule has 0 saturated carbocycles. The molecule has 0 fully saturated rings. The Hall–Kier alpha value is -1.82. The van der Waals surface area contributed by atoms with Crippen LogP contribution in [-0.4, -0.2) is 41.8 Å². The number of rotatable bonds is 8. The zero-order valence-corrected chi connectivity index (χ0v) is 12.9. The van der Waals surface area contributed by atoms with Crippen LogP contribution in [0.15, 0.2) is 18.2 Å². The van der Waals surface area contributed by atoms with E-state index in [0.29, 0.717) is 24.5 Å². The Balaban J connectivity index is 3.01. The number of unbranched alkanes of at least 4 members (excludes halogenated alkanes) is 1. The smallest absolute Gasteiger partial charge is 0.310 e. The van der Waals surface area contributed by atoms with Gasteiger partial charge in [0.2, 0.25) is 0 Å². The summed E-state index contributed by atoms with van der Waals surface area (Å²) in [7, 11) is 1.34. The molecule has 1 aromatic rings. The van der Waals surface area contributed by atoms with Gasteiger partial charge >= 0.3 is 5.69 Å². The van der Waals surface area contributed by atoms with Crippen LogP contribution in [0.5, 0.6) is 5.75 Å². The molecule has 0 bridgehead atoms. The second-order valence-electron chi connectivity index (χ2n) is 4.48. The molecule has 0 unspecified atom stereocenters. The van der Waals surface area contributed by atoms with Crippen LogP contribution in [0.3, 0.4) is 0 Å². The number of carbonyl (C=O) groups is 1. The van der Waals surface area contributed by atoms with E-state index in [1.54, 1.807) is 4.90 Å². The minimum absolute atomic E-state index is 0.0761. The molecule has 1 aromatic carbocycles. The minimum atomic E-state index is -0.541. The van der Waals surface area contributed by atoms with Gasteiger partial charge in [0.25, 0.3) is 5.91 Å². The molecule has 0 N–H and O–H groups in total. The average Bonchev–Trinajstić information content (AvgIpc) is 2.49. The molecule has 0 heterocycles. The second-order valence-corrected chi connectivity index (χ2v) is 4.86. The standard InChI is InChI=1S/C14H19ClN2O4/c1-3-4-8-16(9-7-15)14(18)11-5-6-12(17(19)20)13(10-11)21-2/h5-6,10H,3-4,7-9H2,1-2H3. The number of amides is 1. The largest absolute Gasteiger partial charge is 0.490 e. The fourth-order valence-corrected chi connectivity index (χ4v) is 2.11. The summed E-state index contributed by atoms with van der Waals surface area (Å²) in [5.74, 6) is 0.226. The first kappa shape index (κ1) is 17.2. The van der Waals surface area contributed by atoms with Crippen molar-refractivity contribution in [1.82, 2.24) is 4.90 Å². The minimum Gasteiger partial charge on any atom is -0.490 e. The maximum absolute atomic E-state index is 12.4. The van der Waals surface area contributed by atoms with Crippen molar-refractivity contribution < 1.29 is 14.5 Å². The number of carbonyl (C=O) groups excluding carboxylic acids is 1. The van der Waals surface area contributed by atoms with E-state index >= 15 is 0 Å². The van der Waals surface area contributed by atoms with E-state index in [1.165, 1.54) is 25.3 Å². The Labute approximate surface area is 128 Å². The normalized spacial score (nSPS) is 10.2. The molecule has 1 rings (SSSR count). The van der Waals surface area contributed by atoms with Gasteiger partial charge in [0.1, 0.15) is 0 Å². The second kappa shape index (κ2) is 8.46. The number of halogens is 1. The van der Waals surface area contributed by atoms with Gasteiger partial charge in [-0.25, -0.2) is 0 Å². The highest BCUT2D eigenvalue weighted by Gasteiger charge is 2.20. The van der Waals surface area contributed by atoms with Gasteiger partial charge in [-0.1, -0.05) is 13.3 Å². The van der Waals surface area contributed by atoms with Crippen molar-refractivity contribution in [1.29, 1.82) is 0 Å². The van der Waals surface area contributed by atoms with Crippen LogP contribution < -0.4 is 4.74 Å². The van der Waals surface area contributed by atoms with Gasteiger partial charge in [0.15, 0.2) is 5.75 Å². The summed E-state index contributed by atoms with van der Waals surface area (Å²) in [6, 6.07) is 4.12. The van der Waals surface area contributed by atoms with Crippen LogP contribution in [0.1, 0.15) is 30.1 Å². The summed E-state index contributed by atoms with van der Waals surface area (Å²) in [6.45, 7) is 3.10. The summed E-state index contributed by atoms with van der Waals surface area (Å²) in [4.78, 5) is 24.4. The number of nitro groups is 1. The topological polar surface area (TPSA) is 72.7 Å². The van der Waals surface area contributed by atoms with Crippen molar-refractivity contribution >= 4 is 23.2 Å². The molecule has 6 nitrogen and oxygen atoms in total. The Morgan fingerprint density at radius 1 is 1.43 bits per heavy atom. The lowest BCUT2D eigenvalue weighted by atomic mass is 10.1. The van der Waals surface area contributed by atoms with Crippen LogP contribution in [0.2, 0.25) is 0 Å². The fraction of sp³-hybridized carbons (Fsp3) is 0.500. The first-order chi connectivity index (χ1) is 10.0. The zero-order valence-electron chi connectivity index (χ0n) is 12.2. The van der Waals surface area contributed by atoms with Crippen LogP contribution in [0, 0.1) is 10.1 Å². The maximum atomic E-state index is 12.4. The van der Waals surface area contributed by atoms with Gasteiger partial charge in [-0.05, 0) is 12.5 Å². The van der Waals surface area contributed by atoms with E-state index < -0.39 is 4.92 Å². The maximum Gasteiger partial charge on any atom is 0.310 e. The number of hydrogen-bond donors (Lipinski definition) is 0. The van der Waals surface area contributed by atoms with Crippen molar-refractivity contribution in [2.24, 2.45) is 0 Å². The summed E-state index contributed by atoms with van der Waals surface area (Å²) >= 11 is 5.72. The predicted molar refractivity (Wildman–Crippen MR) is 81.2 cm³/mol. The molecule has 7 heteroatoms. The molecule has 0 aliphatic heterocycles. The van der Waals surface area contributed by atoms with E-state index in [0.717, 1.165) is 12.8 Å². The van der Waals surface area contributed by atoms with Gasteiger partial charge in [-0.3, -0.25) is 14.9 Å². The molecule has 116 valence electrons. The Morgan fingerprint density at radius 2 is 2.14 bits per heavy atom. The number of ether oxygens (including phenoxy) is 1. The highest BCUT2D eigenvalue weighted by Crippen LogP contribution is 2.28. The lowest BCUT2D eigenvalue weighted by Crippen LogP contribution is -2.33. The quantitative estimate of drug-likeness (QED) is 0.420. The average molecular weight is 315 g/mol. The summed E-state index contributed by atoms with van der Waals surface area (Å²) < 4.78 is 4.98. The molecule has 0 saturated heterocycles. The number of nitro benzene ring substituents is 1. The van der Waals surface area contributed by atoms with Crippen LogP contribution in [-0.2, 0) is 0 Å². The SMILES string of the molecule is CCCCN(CCCl)C(=O)c1ccc([N+](=O)[O-])c(OC)c1. The Bertz CT molecular complexity index is 508. The summed E-state index contributed by atoms with van der Waals surface area (Å²) in [6.07, 6.45) is 1.85. The monoisotopic (exact) mass is 314 g/mol. The first-order valence-electron chi connectivity index (χ1n) is 6.72. The number of nitrogens with zero attached hydrogens (tertiary/aromatic N) is 2. The molecule has 0 aliphatic rings. The van der Waals surface area contributed by atoms with Crippen LogP contribution in [0.25, 0.3) is 0 Å². The molecule has 21 heavy (non-hydrogen) atoms. The molecule has 0 radical (unpaired) electrons. The molecule has 0 spiro atoms. The number of hydrogen-bond acceptors (Lipinski definition) is 4. The third kappa shape index (κ3) is 4.60. The van der Waals surface area contributed by atoms with E-state index in [1.807, 2.05) is 6.92 Å². The van der Waals surface area contributed by atoms with Gasteiger partial charge < -0.3 is 9.64 Å². The molecule has 0 aliphatic carbocycles. The van der Waals surface area contributed by atoms with Gasteiger partial charge in [-0.15, -0.1) is 11.6 Å². The molecular formula is C14H19ClN2O4. The first-order valence-corrected chi connectivity index (χ1v) is 7.26. The van der Waals surface area contributed by atoms with Crippen molar-refractivity contribution in [2.75, 3.05) is 26.1 Å². The number of benzene rings is 1. The van der Waals surface area contributed by atoms with Gasteiger partial charge in [0, 0.05) is 36.7 Å². The third-order valence-corrected chi connectivity index (χ3v) is 3.22. The third-order valence-electron chi connectivity index (χ3n) is 3.05. The van der Waals surface area contributed by atoms with Crippen molar-refractivity contribution in [3.05, 3.63) is 33.9 Å². The summed E-state index contributed by atoms with van der Waals surface area (Å²) in [5, 5.41) is 10.9. The van der Waals surface area contributed by atoms with Crippen LogP contribution in [0.4, 0.5) is 5.69 Å². The van der Waals surface area contributed by atoms with Crippen molar-refractivity contribution in [3.63, 3.8) is 0 Å². The number of methoxy groups -OCH3 is 1. The van der Waals surface area contributed by atoms with E-state index in [2.05, 4.69) is 0 Å².